The second kappa shape index (κ2) is 10.4. The molecular weight excluding hydrogens is 452 g/mol. The first-order chi connectivity index (χ1) is 16.4. The maximum absolute atomic E-state index is 12.5. The fourth-order valence-corrected chi connectivity index (χ4v) is 5.14. The zero-order valence-electron chi connectivity index (χ0n) is 19.2. The molecule has 9 nitrogen and oxygen atoms in total. The van der Waals surface area contributed by atoms with Crippen LogP contribution in [0.5, 0.6) is 0 Å². The lowest BCUT2D eigenvalue weighted by Crippen LogP contribution is -2.25. The Morgan fingerprint density at radius 2 is 1.79 bits per heavy atom. The van der Waals surface area contributed by atoms with Gasteiger partial charge in [-0.05, 0) is 49.6 Å². The number of nitrogens with one attached hydrogen (secondary N) is 2. The Hall–Kier alpha value is -3.21. The van der Waals surface area contributed by atoms with E-state index in [0.29, 0.717) is 31.0 Å². The summed E-state index contributed by atoms with van der Waals surface area (Å²) in [5.41, 5.74) is 11.2. The minimum atomic E-state index is -3.61. The minimum absolute atomic E-state index is 0.156. The molecule has 4 aromatic rings. The molecule has 0 bridgehead atoms. The quantitative estimate of drug-likeness (QED) is 0.187. The van der Waals surface area contributed by atoms with Gasteiger partial charge in [-0.1, -0.05) is 31.5 Å². The Bertz CT molecular complexity index is 1380. The molecule has 2 heterocycles. The number of benzene rings is 2. The van der Waals surface area contributed by atoms with Gasteiger partial charge in [-0.3, -0.25) is 10.7 Å². The van der Waals surface area contributed by atoms with Crippen LogP contribution in [0.1, 0.15) is 38.4 Å². The van der Waals surface area contributed by atoms with Gasteiger partial charge in [-0.25, -0.2) is 23.1 Å². The molecule has 4 rings (SSSR count). The standard InChI is InChI=1S/C24H30N6O3S/c1-2-3-10-21-28-22-23(19-8-4-5-9-20(19)27-24(22)25)30(21)16-7-6-15-26-34(32,33)18-13-11-17(29-31)12-14-18/h4-5,8-9,11-14,26,29,31H,2-3,6-7,10,15-16H2,1H3,(H2,25,27). The molecule has 0 aliphatic heterocycles. The molecule has 0 saturated heterocycles. The van der Waals surface area contributed by atoms with Crippen molar-refractivity contribution < 1.29 is 13.6 Å². The van der Waals surface area contributed by atoms with Gasteiger partial charge in [-0.15, -0.1) is 0 Å². The number of nitrogen functional groups attached to an aromatic ring is 1. The summed E-state index contributed by atoms with van der Waals surface area (Å²) in [6, 6.07) is 13.8. The van der Waals surface area contributed by atoms with Crippen molar-refractivity contribution >= 4 is 43.5 Å². The molecule has 0 spiro atoms. The molecule has 0 radical (unpaired) electrons. The molecule has 0 aliphatic carbocycles. The Morgan fingerprint density at radius 3 is 2.53 bits per heavy atom. The van der Waals surface area contributed by atoms with Crippen LogP contribution in [0.3, 0.4) is 0 Å². The largest absolute Gasteiger partial charge is 0.382 e. The first-order valence-corrected chi connectivity index (χ1v) is 13.0. The Balaban J connectivity index is 1.49. The van der Waals surface area contributed by atoms with Crippen molar-refractivity contribution in [3.63, 3.8) is 0 Å². The number of imidazole rings is 1. The van der Waals surface area contributed by atoms with E-state index in [1.165, 1.54) is 24.3 Å². The van der Waals surface area contributed by atoms with Crippen molar-refractivity contribution in [3.8, 4) is 0 Å². The maximum Gasteiger partial charge on any atom is 0.240 e. The summed E-state index contributed by atoms with van der Waals surface area (Å²) < 4.78 is 29.9. The number of unbranched alkanes of at least 4 members (excludes halogenated alkanes) is 2. The van der Waals surface area contributed by atoms with Gasteiger partial charge in [0, 0.05) is 24.9 Å². The molecule has 0 saturated carbocycles. The van der Waals surface area contributed by atoms with E-state index in [-0.39, 0.29) is 4.90 Å². The van der Waals surface area contributed by atoms with Crippen LogP contribution in [-0.4, -0.2) is 34.7 Å². The Morgan fingerprint density at radius 1 is 1.03 bits per heavy atom. The van der Waals surface area contributed by atoms with Gasteiger partial charge in [0.25, 0.3) is 0 Å². The van der Waals surface area contributed by atoms with E-state index >= 15 is 0 Å². The lowest BCUT2D eigenvalue weighted by molar-refractivity contribution is 0.389. The topological polar surface area (TPSA) is 135 Å². The molecule has 2 aromatic carbocycles. The highest BCUT2D eigenvalue weighted by Crippen LogP contribution is 2.29. The maximum atomic E-state index is 12.5. The fraction of sp³-hybridized carbons (Fsp3) is 0.333. The van der Waals surface area contributed by atoms with Crippen LogP contribution in [0.25, 0.3) is 21.9 Å². The number of hydrogen-bond donors (Lipinski definition) is 4. The second-order valence-corrected chi connectivity index (χ2v) is 10.0. The highest BCUT2D eigenvalue weighted by Gasteiger charge is 2.17. The van der Waals surface area contributed by atoms with E-state index in [0.717, 1.165) is 53.4 Å². The molecule has 5 N–H and O–H groups in total. The SMILES string of the molecule is CCCCc1nc2c(N)nc3ccccc3c2n1CCCCNS(=O)(=O)c1ccc(NO)cc1. The first kappa shape index (κ1) is 23.9. The zero-order chi connectivity index (χ0) is 24.1. The molecule has 2 aromatic heterocycles. The summed E-state index contributed by atoms with van der Waals surface area (Å²) in [5.74, 6) is 1.42. The number of nitrogens with zero attached hydrogens (tertiary/aromatic N) is 3. The van der Waals surface area contributed by atoms with Gasteiger partial charge in [0.05, 0.1) is 21.6 Å². The van der Waals surface area contributed by atoms with Crippen LogP contribution in [-0.2, 0) is 23.0 Å². The molecule has 10 heteroatoms. The number of para-hydroxylation sites is 1. The number of anilines is 2. The number of sulfonamides is 1. The second-order valence-electron chi connectivity index (χ2n) is 8.24. The number of hydrogen-bond acceptors (Lipinski definition) is 7. The monoisotopic (exact) mass is 482 g/mol. The Labute approximate surface area is 199 Å². The van der Waals surface area contributed by atoms with E-state index in [4.69, 9.17) is 15.9 Å². The van der Waals surface area contributed by atoms with Gasteiger partial charge in [-0.2, -0.15) is 0 Å². The number of pyridine rings is 1. The molecule has 0 fully saturated rings. The van der Waals surface area contributed by atoms with Crippen molar-refractivity contribution in [2.45, 2.75) is 50.5 Å². The van der Waals surface area contributed by atoms with Gasteiger partial charge in [0.1, 0.15) is 11.3 Å². The molecule has 180 valence electrons. The van der Waals surface area contributed by atoms with Crippen LogP contribution in [0.2, 0.25) is 0 Å². The molecule has 0 aliphatic rings. The van der Waals surface area contributed by atoms with Crippen LogP contribution >= 0.6 is 0 Å². The fourth-order valence-electron chi connectivity index (χ4n) is 4.06. The third-order valence-corrected chi connectivity index (χ3v) is 7.31. The van der Waals surface area contributed by atoms with E-state index < -0.39 is 10.0 Å². The molecule has 0 unspecified atom stereocenters. The third-order valence-electron chi connectivity index (χ3n) is 5.84. The van der Waals surface area contributed by atoms with Crippen LogP contribution in [0.15, 0.2) is 53.4 Å². The van der Waals surface area contributed by atoms with E-state index in [2.05, 4.69) is 21.2 Å². The van der Waals surface area contributed by atoms with Crippen LogP contribution < -0.4 is 15.9 Å². The van der Waals surface area contributed by atoms with Crippen LogP contribution in [0, 0.1) is 0 Å². The van der Waals surface area contributed by atoms with Crippen molar-refractivity contribution in [2.75, 3.05) is 17.8 Å². The molecule has 0 atom stereocenters. The van der Waals surface area contributed by atoms with Crippen molar-refractivity contribution in [3.05, 3.63) is 54.4 Å². The van der Waals surface area contributed by atoms with Gasteiger partial charge >= 0.3 is 0 Å². The van der Waals surface area contributed by atoms with Crippen molar-refractivity contribution in [2.24, 2.45) is 0 Å². The number of fused-ring (bicyclic) bond motifs is 3. The summed E-state index contributed by atoms with van der Waals surface area (Å²) in [4.78, 5) is 9.51. The van der Waals surface area contributed by atoms with E-state index in [1.807, 2.05) is 29.7 Å². The van der Waals surface area contributed by atoms with Gasteiger partial charge in [0.2, 0.25) is 10.0 Å². The van der Waals surface area contributed by atoms with E-state index in [9.17, 15) is 8.42 Å². The van der Waals surface area contributed by atoms with Gasteiger partial charge < -0.3 is 10.3 Å². The number of rotatable bonds is 11. The predicted octanol–water partition coefficient (Wildman–Crippen LogP) is 4.07. The predicted molar refractivity (Wildman–Crippen MR) is 134 cm³/mol. The summed E-state index contributed by atoms with van der Waals surface area (Å²) in [6.45, 7) is 3.18. The average Bonchev–Trinajstić information content (AvgIpc) is 3.22. The summed E-state index contributed by atoms with van der Waals surface area (Å²) >= 11 is 0. The first-order valence-electron chi connectivity index (χ1n) is 11.5. The van der Waals surface area contributed by atoms with Gasteiger partial charge in [0.15, 0.2) is 5.82 Å². The molecular formula is C24H30N6O3S. The summed E-state index contributed by atoms with van der Waals surface area (Å²) in [7, 11) is -3.61. The normalized spacial score (nSPS) is 11.9. The van der Waals surface area contributed by atoms with Crippen molar-refractivity contribution in [1.29, 1.82) is 0 Å². The lowest BCUT2D eigenvalue weighted by atomic mass is 10.2. The highest BCUT2D eigenvalue weighted by molar-refractivity contribution is 7.89. The third kappa shape index (κ3) is 4.98. The molecule has 0 amide bonds. The zero-order valence-corrected chi connectivity index (χ0v) is 20.0. The number of aromatic nitrogens is 3. The smallest absolute Gasteiger partial charge is 0.240 e. The van der Waals surface area contributed by atoms with Crippen molar-refractivity contribution in [1.82, 2.24) is 19.3 Å². The molecule has 34 heavy (non-hydrogen) atoms. The number of nitrogens with two attached hydrogens (primary N) is 1. The number of aryl methyl sites for hydroxylation is 2. The Kier molecular flexibility index (Phi) is 7.30. The summed E-state index contributed by atoms with van der Waals surface area (Å²) in [6.07, 6.45) is 4.38. The average molecular weight is 483 g/mol. The lowest BCUT2D eigenvalue weighted by Gasteiger charge is -2.11. The van der Waals surface area contributed by atoms with E-state index in [1.54, 1.807) is 0 Å². The summed E-state index contributed by atoms with van der Waals surface area (Å²) in [5, 5.41) is 9.90. The van der Waals surface area contributed by atoms with Crippen LogP contribution in [0.4, 0.5) is 11.5 Å². The minimum Gasteiger partial charge on any atom is -0.382 e. The highest BCUT2D eigenvalue weighted by atomic mass is 32.2.